The van der Waals surface area contributed by atoms with Crippen molar-refractivity contribution in [3.05, 3.63) is 109 Å². The highest BCUT2D eigenvalue weighted by molar-refractivity contribution is 6.19. The number of hydrogen-bond acceptors (Lipinski definition) is 0. The van der Waals surface area contributed by atoms with Gasteiger partial charge in [0.1, 0.15) is 0 Å². The van der Waals surface area contributed by atoms with E-state index >= 15 is 0 Å². The molecule has 0 N–H and O–H groups in total. The van der Waals surface area contributed by atoms with E-state index in [2.05, 4.69) is 103 Å². The van der Waals surface area contributed by atoms with Gasteiger partial charge in [-0.2, -0.15) is 0 Å². The number of fused-ring (bicyclic) bond motifs is 7. The summed E-state index contributed by atoms with van der Waals surface area (Å²) in [7, 11) is 0. The van der Waals surface area contributed by atoms with Gasteiger partial charge in [-0.3, -0.25) is 0 Å². The van der Waals surface area contributed by atoms with Gasteiger partial charge in [-0.1, -0.05) is 54.6 Å². The predicted molar refractivity (Wildman–Crippen MR) is 141 cm³/mol. The van der Waals surface area contributed by atoms with Crippen LogP contribution >= 0.6 is 11.6 Å². The van der Waals surface area contributed by atoms with Gasteiger partial charge in [0.15, 0.2) is 0 Å². The van der Waals surface area contributed by atoms with Gasteiger partial charge in [0.25, 0.3) is 0 Å². The molecule has 0 aliphatic rings. The Morgan fingerprint density at radius 2 is 0.812 bits per heavy atom. The minimum absolute atomic E-state index is 0.527. The van der Waals surface area contributed by atoms with E-state index in [9.17, 15) is 0 Å². The molecular formula is C31H19Cl. The fourth-order valence-corrected chi connectivity index (χ4v) is 5.44. The highest BCUT2D eigenvalue weighted by atomic mass is 35.5. The van der Waals surface area contributed by atoms with Crippen molar-refractivity contribution in [2.45, 2.75) is 5.88 Å². The fourth-order valence-electron chi connectivity index (χ4n) is 5.21. The standard InChI is InChI=1S/C31H19Cl/c32-18-24-7-3-6-21-12-26-14-23-9-8-22-13-25-10-19-4-1-2-5-20(19)11-27(25)16-30(22)31(23)17-28(26)15-29(21)24/h1-17H,18H2. The first kappa shape index (κ1) is 18.0. The van der Waals surface area contributed by atoms with Gasteiger partial charge in [-0.05, 0) is 119 Å². The monoisotopic (exact) mass is 426 g/mol. The Morgan fingerprint density at radius 3 is 1.41 bits per heavy atom. The van der Waals surface area contributed by atoms with Crippen molar-refractivity contribution in [1.29, 1.82) is 0 Å². The van der Waals surface area contributed by atoms with Crippen LogP contribution in [0, 0.1) is 0 Å². The van der Waals surface area contributed by atoms with Crippen molar-refractivity contribution in [1.82, 2.24) is 0 Å². The summed E-state index contributed by atoms with van der Waals surface area (Å²) < 4.78 is 0. The molecular weight excluding hydrogens is 408 g/mol. The van der Waals surface area contributed by atoms with E-state index in [1.54, 1.807) is 0 Å². The van der Waals surface area contributed by atoms with Crippen molar-refractivity contribution >= 4 is 76.2 Å². The summed E-state index contributed by atoms with van der Waals surface area (Å²) in [4.78, 5) is 0. The Balaban J connectivity index is 1.58. The Morgan fingerprint density at radius 1 is 0.375 bits per heavy atom. The van der Waals surface area contributed by atoms with Crippen LogP contribution in [0.3, 0.4) is 0 Å². The van der Waals surface area contributed by atoms with Crippen LogP contribution in [-0.4, -0.2) is 0 Å². The molecule has 0 aromatic heterocycles. The molecule has 0 bridgehead atoms. The third-order valence-corrected chi connectivity index (χ3v) is 7.13. The SMILES string of the molecule is ClCc1cccc2cc3cc4ccc5cc6cc7ccccc7cc6cc5c4cc3cc12. The van der Waals surface area contributed by atoms with Crippen LogP contribution in [0.15, 0.2) is 103 Å². The normalized spacial score (nSPS) is 12.0. The summed E-state index contributed by atoms with van der Waals surface area (Å²) in [5.74, 6) is 0.527. The maximum absolute atomic E-state index is 6.23. The topological polar surface area (TPSA) is 0 Å². The quantitative estimate of drug-likeness (QED) is 0.139. The van der Waals surface area contributed by atoms with Crippen LogP contribution in [0.1, 0.15) is 5.56 Å². The van der Waals surface area contributed by atoms with E-state index in [4.69, 9.17) is 11.6 Å². The molecule has 0 aliphatic carbocycles. The van der Waals surface area contributed by atoms with Crippen molar-refractivity contribution < 1.29 is 0 Å². The predicted octanol–water partition coefficient (Wildman–Crippen LogP) is 9.34. The fraction of sp³-hybridized carbons (Fsp3) is 0.0323. The zero-order valence-electron chi connectivity index (χ0n) is 17.4. The highest BCUT2D eigenvalue weighted by Crippen LogP contribution is 2.35. The smallest absolute Gasteiger partial charge is 0.0480 e. The molecule has 7 rings (SSSR count). The molecule has 150 valence electrons. The van der Waals surface area contributed by atoms with Crippen LogP contribution < -0.4 is 0 Å². The first-order valence-electron chi connectivity index (χ1n) is 11.0. The molecule has 0 nitrogen and oxygen atoms in total. The maximum atomic E-state index is 6.23. The van der Waals surface area contributed by atoms with Crippen LogP contribution in [0.4, 0.5) is 0 Å². The molecule has 0 fully saturated rings. The second kappa shape index (κ2) is 6.69. The van der Waals surface area contributed by atoms with Gasteiger partial charge in [-0.15, -0.1) is 11.6 Å². The third-order valence-electron chi connectivity index (χ3n) is 6.85. The molecule has 0 saturated carbocycles. The number of benzene rings is 7. The molecule has 0 atom stereocenters. The molecule has 0 spiro atoms. The van der Waals surface area contributed by atoms with Crippen molar-refractivity contribution in [3.8, 4) is 0 Å². The van der Waals surface area contributed by atoms with Gasteiger partial charge in [-0.25, -0.2) is 0 Å². The largest absolute Gasteiger partial charge is 0.122 e. The first-order chi connectivity index (χ1) is 15.8. The Hall–Kier alpha value is -3.61. The second-order valence-corrected chi connectivity index (χ2v) is 9.00. The lowest BCUT2D eigenvalue weighted by atomic mass is 9.93. The van der Waals surface area contributed by atoms with Crippen LogP contribution in [0.5, 0.6) is 0 Å². The van der Waals surface area contributed by atoms with Crippen molar-refractivity contribution in [2.24, 2.45) is 0 Å². The van der Waals surface area contributed by atoms with E-state index in [0.29, 0.717) is 5.88 Å². The van der Waals surface area contributed by atoms with E-state index in [-0.39, 0.29) is 0 Å². The number of halogens is 1. The second-order valence-electron chi connectivity index (χ2n) is 8.73. The van der Waals surface area contributed by atoms with Crippen molar-refractivity contribution in [2.75, 3.05) is 0 Å². The average molecular weight is 427 g/mol. The molecule has 0 radical (unpaired) electrons. The molecule has 0 saturated heterocycles. The molecule has 7 aromatic carbocycles. The number of hydrogen-bond donors (Lipinski definition) is 0. The molecule has 0 aliphatic heterocycles. The van der Waals surface area contributed by atoms with Crippen molar-refractivity contribution in [3.63, 3.8) is 0 Å². The molecule has 0 amide bonds. The van der Waals surface area contributed by atoms with Gasteiger partial charge < -0.3 is 0 Å². The van der Waals surface area contributed by atoms with Gasteiger partial charge in [0.05, 0.1) is 0 Å². The summed E-state index contributed by atoms with van der Waals surface area (Å²) in [6.07, 6.45) is 0. The summed E-state index contributed by atoms with van der Waals surface area (Å²) >= 11 is 6.23. The molecule has 1 heteroatoms. The van der Waals surface area contributed by atoms with Gasteiger partial charge in [0.2, 0.25) is 0 Å². The number of alkyl halides is 1. The van der Waals surface area contributed by atoms with E-state index < -0.39 is 0 Å². The molecule has 0 heterocycles. The highest BCUT2D eigenvalue weighted by Gasteiger charge is 2.08. The van der Waals surface area contributed by atoms with E-state index in [1.807, 2.05) is 0 Å². The average Bonchev–Trinajstić information content (AvgIpc) is 2.83. The Kier molecular flexibility index (Phi) is 3.77. The molecule has 0 unspecified atom stereocenters. The van der Waals surface area contributed by atoms with Crippen LogP contribution in [0.25, 0.3) is 64.6 Å². The van der Waals surface area contributed by atoms with Gasteiger partial charge in [0, 0.05) is 5.88 Å². The summed E-state index contributed by atoms with van der Waals surface area (Å²) in [5, 5.41) is 15.3. The summed E-state index contributed by atoms with van der Waals surface area (Å²) in [6, 6.07) is 38.0. The lowest BCUT2D eigenvalue weighted by molar-refractivity contribution is 1.46. The van der Waals surface area contributed by atoms with Crippen LogP contribution in [0.2, 0.25) is 0 Å². The first-order valence-corrected chi connectivity index (χ1v) is 11.5. The lowest BCUT2D eigenvalue weighted by Crippen LogP contribution is -1.85. The van der Waals surface area contributed by atoms with E-state index in [0.717, 1.165) is 0 Å². The number of rotatable bonds is 1. The minimum atomic E-state index is 0.527. The zero-order valence-corrected chi connectivity index (χ0v) is 18.2. The third kappa shape index (κ3) is 2.63. The van der Waals surface area contributed by atoms with Crippen LogP contribution in [-0.2, 0) is 5.88 Å². The summed E-state index contributed by atoms with van der Waals surface area (Å²) in [6.45, 7) is 0. The molecule has 32 heavy (non-hydrogen) atoms. The summed E-state index contributed by atoms with van der Waals surface area (Å²) in [5.41, 5.74) is 1.18. The zero-order chi connectivity index (χ0) is 21.2. The lowest BCUT2D eigenvalue weighted by Gasteiger charge is -2.11. The van der Waals surface area contributed by atoms with E-state index in [1.165, 1.54) is 70.2 Å². The Bertz CT molecular complexity index is 1860. The maximum Gasteiger partial charge on any atom is 0.0480 e. The molecule has 7 aromatic rings. The minimum Gasteiger partial charge on any atom is -0.122 e. The Labute approximate surface area is 190 Å². The van der Waals surface area contributed by atoms with Gasteiger partial charge >= 0.3 is 0 Å².